The van der Waals surface area contributed by atoms with Gasteiger partial charge in [-0.05, 0) is 110 Å². The lowest BCUT2D eigenvalue weighted by Gasteiger charge is -2.39. The van der Waals surface area contributed by atoms with Crippen molar-refractivity contribution in [2.75, 3.05) is 13.2 Å². The summed E-state index contributed by atoms with van der Waals surface area (Å²) in [5.74, 6) is 0.694. The van der Waals surface area contributed by atoms with E-state index >= 15 is 0 Å². The van der Waals surface area contributed by atoms with Gasteiger partial charge in [0.15, 0.2) is 0 Å². The van der Waals surface area contributed by atoms with E-state index in [9.17, 15) is 40.9 Å². The number of aromatic amines is 2. The van der Waals surface area contributed by atoms with Gasteiger partial charge in [0.2, 0.25) is 12.6 Å². The van der Waals surface area contributed by atoms with Gasteiger partial charge in [0.25, 0.3) is 0 Å². The fraction of sp³-hybridized carbons (Fsp3) is 0.429. The van der Waals surface area contributed by atoms with Crippen LogP contribution in [0.3, 0.4) is 0 Å². The first-order valence-electron chi connectivity index (χ1n) is 25.3. The van der Waals surface area contributed by atoms with Gasteiger partial charge in [-0.3, -0.25) is 0 Å². The number of unbranched alkanes of at least 4 members (excludes halogenated alkanes) is 6. The molecule has 0 saturated carbocycles. The average Bonchev–Trinajstić information content (AvgIpc) is 4.26. The van der Waals surface area contributed by atoms with Gasteiger partial charge in [-0.15, -0.1) is 0 Å². The first-order chi connectivity index (χ1) is 35.0. The normalized spacial score (nSPS) is 25.0. The molecule has 0 aliphatic carbocycles. The topological polar surface area (TPSA) is 256 Å². The minimum absolute atomic E-state index is 0.347. The number of hydrogen-bond donors (Lipinski definition) is 10. The van der Waals surface area contributed by atoms with Crippen molar-refractivity contribution in [1.29, 1.82) is 0 Å². The highest BCUT2D eigenvalue weighted by molar-refractivity contribution is 5.94. The second-order valence-electron chi connectivity index (χ2n) is 19.0. The van der Waals surface area contributed by atoms with Crippen LogP contribution in [0.2, 0.25) is 0 Å². The number of ether oxygens (including phenoxy) is 4. The molecule has 0 radical (unpaired) electrons. The van der Waals surface area contributed by atoms with Crippen LogP contribution in [0.25, 0.3) is 68.6 Å². The molecule has 7 heterocycles. The van der Waals surface area contributed by atoms with Crippen LogP contribution >= 0.6 is 0 Å². The van der Waals surface area contributed by atoms with E-state index in [2.05, 4.69) is 60.2 Å². The van der Waals surface area contributed by atoms with E-state index in [-0.39, 0.29) is 0 Å². The van der Waals surface area contributed by atoms with Crippen molar-refractivity contribution in [1.82, 2.24) is 19.9 Å². The average molecular weight is 987 g/mol. The van der Waals surface area contributed by atoms with Crippen molar-refractivity contribution in [2.24, 2.45) is 0 Å². The molecule has 0 amide bonds. The fourth-order valence-corrected chi connectivity index (χ4v) is 9.91. The molecule has 10 atom stereocenters. The number of aromatic nitrogens is 4. The number of fused-ring (bicyclic) bond motifs is 8. The zero-order valence-electron chi connectivity index (χ0n) is 40.6. The van der Waals surface area contributed by atoms with E-state index in [0.29, 0.717) is 11.5 Å². The standard InChI is InChI=1S/C56H66N4O12/c1-3-5-7-9-11-35-37-21-25-41(57-37)47(31-13-17-33(18-14-31)69-55-53(67)51(65)49(63)45(29-61)71-55)43-27-23-39(59-43)36(12-10-8-6-4-2)40-24-28-44(60-40)48(42-26-22-38(35)58-42)32-15-19-34(20-16-32)70-56-54(68)52(66)50(64)46(30-62)72-56/h13-28,45-46,49-57,60-68H,3-12,29-30H2,1-2H3/t45-,46?,49?,50-,51-,52+,53-,54?,55?,56-/m1/s1. The van der Waals surface area contributed by atoms with Crippen molar-refractivity contribution in [2.45, 2.75) is 139 Å². The second kappa shape index (κ2) is 23.0. The number of nitrogens with one attached hydrogen (secondary N) is 2. The lowest BCUT2D eigenvalue weighted by atomic mass is 9.99. The van der Waals surface area contributed by atoms with Gasteiger partial charge in [-0.25, -0.2) is 9.97 Å². The first kappa shape index (κ1) is 51.2. The molecule has 382 valence electrons. The number of aliphatic hydroxyl groups excluding tert-OH is 8. The number of hydrogen-bond acceptors (Lipinski definition) is 14. The monoisotopic (exact) mass is 986 g/mol. The third-order valence-electron chi connectivity index (χ3n) is 14.0. The van der Waals surface area contributed by atoms with E-state index in [1.54, 1.807) is 24.3 Å². The molecule has 4 aliphatic rings. The number of nitrogens with zero attached hydrogens (tertiary/aromatic N) is 2. The summed E-state index contributed by atoms with van der Waals surface area (Å²) >= 11 is 0. The van der Waals surface area contributed by atoms with Gasteiger partial charge in [-0.1, -0.05) is 76.6 Å². The minimum atomic E-state index is -1.57. The molecule has 2 fully saturated rings. The SMILES string of the molecule is CCCCCCc1c2nc(c(-c3ccc(O[C@@H]4OC(CO)[C@@H](O)[C@H](O)C4O)cc3)c3ccc([nH]3)c(CCCCCC)c3nc(c(-c4ccc(OC5O[C@H](CO)C(O)[C@@H](O)[C@H]5O)cc4)c4ccc1[nH]4)C=C3)C=C2. The molecular weight excluding hydrogens is 921 g/mol. The molecule has 4 unspecified atom stereocenters. The minimum Gasteiger partial charge on any atom is -0.462 e. The number of aryl methyl sites for hydroxylation is 2. The van der Waals surface area contributed by atoms with E-state index in [0.717, 1.165) is 142 Å². The van der Waals surface area contributed by atoms with Crippen molar-refractivity contribution < 1.29 is 59.8 Å². The highest BCUT2D eigenvalue weighted by atomic mass is 16.7. The Hall–Kier alpha value is -5.76. The Kier molecular flexibility index (Phi) is 16.3. The molecule has 16 heteroatoms. The molecule has 16 nitrogen and oxygen atoms in total. The summed E-state index contributed by atoms with van der Waals surface area (Å²) in [6.07, 6.45) is 4.14. The Balaban J connectivity index is 1.18. The number of rotatable bonds is 18. The van der Waals surface area contributed by atoms with E-state index in [1.807, 2.05) is 36.4 Å². The molecule has 5 aromatic rings. The van der Waals surface area contributed by atoms with Gasteiger partial charge in [0.1, 0.15) is 60.3 Å². The quantitative estimate of drug-likeness (QED) is 0.0407. The summed E-state index contributed by atoms with van der Waals surface area (Å²) in [4.78, 5) is 18.3. The summed E-state index contributed by atoms with van der Waals surface area (Å²) in [6.45, 7) is 3.26. The Morgan fingerprint density at radius 1 is 0.444 bits per heavy atom. The molecule has 10 N–H and O–H groups in total. The molecule has 72 heavy (non-hydrogen) atoms. The van der Waals surface area contributed by atoms with Crippen LogP contribution in [0.4, 0.5) is 0 Å². The lowest BCUT2D eigenvalue weighted by molar-refractivity contribution is -0.277. The van der Waals surface area contributed by atoms with Crippen molar-refractivity contribution in [3.05, 3.63) is 107 Å². The van der Waals surface area contributed by atoms with Crippen LogP contribution in [0.15, 0.2) is 72.8 Å². The maximum absolute atomic E-state index is 10.7. The Morgan fingerprint density at radius 2 is 0.819 bits per heavy atom. The molecule has 9 rings (SSSR count). The van der Waals surface area contributed by atoms with E-state index < -0.39 is 74.6 Å². The van der Waals surface area contributed by atoms with Gasteiger partial charge < -0.3 is 69.8 Å². The van der Waals surface area contributed by atoms with Gasteiger partial charge in [-0.2, -0.15) is 0 Å². The molecular formula is C56H66N4O12. The maximum Gasteiger partial charge on any atom is 0.229 e. The van der Waals surface area contributed by atoms with Crippen molar-refractivity contribution >= 4 is 46.4 Å². The summed E-state index contributed by atoms with van der Waals surface area (Å²) in [5.41, 5.74) is 12.2. The van der Waals surface area contributed by atoms with Crippen LogP contribution in [-0.4, -0.2) is 135 Å². The summed E-state index contributed by atoms with van der Waals surface area (Å²) in [6, 6.07) is 22.9. The summed E-state index contributed by atoms with van der Waals surface area (Å²) in [5, 5.41) is 82.2. The predicted octanol–water partition coefficient (Wildman–Crippen LogP) is 6.59. The molecule has 2 aromatic carbocycles. The van der Waals surface area contributed by atoms with Crippen molar-refractivity contribution in [3.63, 3.8) is 0 Å². The predicted molar refractivity (Wildman–Crippen MR) is 274 cm³/mol. The zero-order valence-corrected chi connectivity index (χ0v) is 40.6. The second-order valence-corrected chi connectivity index (χ2v) is 19.0. The van der Waals surface area contributed by atoms with E-state index in [4.69, 9.17) is 28.9 Å². The number of benzene rings is 2. The first-order valence-corrected chi connectivity index (χ1v) is 25.3. The van der Waals surface area contributed by atoms with Gasteiger partial charge in [0.05, 0.1) is 36.0 Å². The molecule has 2 saturated heterocycles. The van der Waals surface area contributed by atoms with Crippen LogP contribution in [0.5, 0.6) is 11.5 Å². The molecule has 4 aliphatic heterocycles. The highest BCUT2D eigenvalue weighted by Crippen LogP contribution is 2.37. The molecule has 0 spiro atoms. The number of H-pyrrole nitrogens is 2. The molecule has 8 bridgehead atoms. The Morgan fingerprint density at radius 3 is 1.19 bits per heavy atom. The molecule has 3 aromatic heterocycles. The van der Waals surface area contributed by atoms with Crippen LogP contribution in [-0.2, 0) is 22.3 Å². The van der Waals surface area contributed by atoms with E-state index in [1.165, 1.54) is 0 Å². The third-order valence-corrected chi connectivity index (χ3v) is 14.0. The van der Waals surface area contributed by atoms with Crippen molar-refractivity contribution in [3.8, 4) is 33.8 Å². The largest absolute Gasteiger partial charge is 0.462 e. The lowest BCUT2D eigenvalue weighted by Crippen LogP contribution is -2.60. The van der Waals surface area contributed by atoms with Crippen LogP contribution in [0, 0.1) is 0 Å². The van der Waals surface area contributed by atoms with Gasteiger partial charge in [0, 0.05) is 44.3 Å². The van der Waals surface area contributed by atoms with Crippen LogP contribution in [0.1, 0.15) is 99.1 Å². The maximum atomic E-state index is 10.7. The van der Waals surface area contributed by atoms with Crippen LogP contribution < -0.4 is 9.47 Å². The summed E-state index contributed by atoms with van der Waals surface area (Å²) in [7, 11) is 0. The third kappa shape index (κ3) is 10.8. The zero-order chi connectivity index (χ0) is 50.5. The van der Waals surface area contributed by atoms with Gasteiger partial charge >= 0.3 is 0 Å². The smallest absolute Gasteiger partial charge is 0.229 e. The fourth-order valence-electron chi connectivity index (χ4n) is 9.91. The Labute approximate surface area is 417 Å². The summed E-state index contributed by atoms with van der Waals surface area (Å²) < 4.78 is 23.2. The number of aliphatic hydroxyl groups is 8. The highest BCUT2D eigenvalue weighted by Gasteiger charge is 2.46. The Bertz CT molecular complexity index is 2680.